The molecule has 1 aliphatic rings. The number of non-ortho nitro benzene ring substituents is 1. The molecular weight excluding hydrogens is 456 g/mol. The Balaban J connectivity index is 1.61. The smallest absolute Gasteiger partial charge is 0.293 e. The van der Waals surface area contributed by atoms with Crippen LogP contribution in [0.15, 0.2) is 65.6 Å². The van der Waals surface area contributed by atoms with Crippen LogP contribution in [0.1, 0.15) is 29.3 Å². The number of imide groups is 1. The van der Waals surface area contributed by atoms with Gasteiger partial charge in [-0.2, -0.15) is 0 Å². The highest BCUT2D eigenvalue weighted by Crippen LogP contribution is 2.37. The topological polar surface area (TPSA) is 107 Å². The number of nitro benzene ring substituents is 1. The summed E-state index contributed by atoms with van der Waals surface area (Å²) >= 11 is 0.763. The van der Waals surface area contributed by atoms with E-state index in [1.165, 1.54) is 24.3 Å². The Hall–Kier alpha value is -3.98. The van der Waals surface area contributed by atoms with Crippen molar-refractivity contribution in [2.45, 2.75) is 13.3 Å². The number of nitrogens with zero attached hydrogens (tertiary/aromatic N) is 2. The van der Waals surface area contributed by atoms with Crippen LogP contribution in [-0.2, 0) is 4.79 Å². The van der Waals surface area contributed by atoms with Gasteiger partial charge >= 0.3 is 0 Å². The number of carbonyl (C=O) groups is 3. The van der Waals surface area contributed by atoms with E-state index in [1.54, 1.807) is 6.08 Å². The summed E-state index contributed by atoms with van der Waals surface area (Å²) in [7, 11) is 0. The van der Waals surface area contributed by atoms with Crippen molar-refractivity contribution >= 4 is 51.2 Å². The molecule has 0 aromatic heterocycles. The van der Waals surface area contributed by atoms with Gasteiger partial charge in [-0.15, -0.1) is 0 Å². The van der Waals surface area contributed by atoms with Crippen molar-refractivity contribution in [2.24, 2.45) is 0 Å². The molecule has 0 radical (unpaired) electrons. The van der Waals surface area contributed by atoms with Gasteiger partial charge in [0.05, 0.1) is 23.0 Å². The maximum atomic E-state index is 13.0. The van der Waals surface area contributed by atoms with Gasteiger partial charge in [-0.1, -0.05) is 37.3 Å². The van der Waals surface area contributed by atoms with E-state index < -0.39 is 28.4 Å². The predicted octanol–water partition coefficient (Wildman–Crippen LogP) is 5.46. The number of fused-ring (bicyclic) bond motifs is 1. The average molecular weight is 477 g/mol. The minimum atomic E-state index is -0.570. The summed E-state index contributed by atoms with van der Waals surface area (Å²) in [5.41, 5.74) is 0.721. The summed E-state index contributed by atoms with van der Waals surface area (Å²) in [6, 6.07) is 16.5. The first-order valence-electron chi connectivity index (χ1n) is 10.6. The SMILES string of the molecule is CCCOc1ccc2ccccc2c1/C=C1\SC(=O)N(CC(=O)c2ccc([N+](=O)[O-])cc2)C1=O. The number of thioether (sulfide) groups is 1. The van der Waals surface area contributed by atoms with Gasteiger partial charge in [0.15, 0.2) is 5.78 Å². The lowest BCUT2D eigenvalue weighted by atomic mass is 10.0. The number of hydrogen-bond donors (Lipinski definition) is 0. The largest absolute Gasteiger partial charge is 0.493 e. The second kappa shape index (κ2) is 9.88. The van der Waals surface area contributed by atoms with Crippen LogP contribution in [0.3, 0.4) is 0 Å². The molecule has 2 amide bonds. The molecule has 0 aliphatic carbocycles. The summed E-state index contributed by atoms with van der Waals surface area (Å²) < 4.78 is 5.88. The molecule has 3 aromatic rings. The van der Waals surface area contributed by atoms with Gasteiger partial charge in [0.1, 0.15) is 5.75 Å². The molecule has 1 saturated heterocycles. The molecule has 9 heteroatoms. The number of ether oxygens (including phenoxy) is 1. The Bertz CT molecular complexity index is 1330. The molecule has 4 rings (SSSR count). The van der Waals surface area contributed by atoms with E-state index in [9.17, 15) is 24.5 Å². The Morgan fingerprint density at radius 2 is 1.82 bits per heavy atom. The van der Waals surface area contributed by atoms with Crippen LogP contribution in [-0.4, -0.2) is 39.9 Å². The first-order chi connectivity index (χ1) is 16.4. The number of carbonyl (C=O) groups excluding carboxylic acids is 3. The van der Waals surface area contributed by atoms with E-state index in [0.29, 0.717) is 17.9 Å². The number of amides is 2. The highest BCUT2D eigenvalue weighted by Gasteiger charge is 2.36. The normalized spacial score (nSPS) is 14.7. The van der Waals surface area contributed by atoms with Crippen LogP contribution in [0.2, 0.25) is 0 Å². The first kappa shape index (κ1) is 23.2. The van der Waals surface area contributed by atoms with Gasteiger partial charge in [0.2, 0.25) is 0 Å². The van der Waals surface area contributed by atoms with Gasteiger partial charge < -0.3 is 4.74 Å². The van der Waals surface area contributed by atoms with E-state index >= 15 is 0 Å². The maximum absolute atomic E-state index is 13.0. The molecule has 1 aliphatic heterocycles. The standard InChI is InChI=1S/C25H20N2O6S/c1-2-13-33-22-12-9-16-5-3-4-6-19(16)20(22)14-23-24(29)26(25(30)34-23)15-21(28)17-7-10-18(11-8-17)27(31)32/h3-12,14H,2,13,15H2,1H3/b23-14-. The van der Waals surface area contributed by atoms with Crippen LogP contribution >= 0.6 is 11.8 Å². The van der Waals surface area contributed by atoms with Crippen molar-refractivity contribution in [2.75, 3.05) is 13.2 Å². The van der Waals surface area contributed by atoms with Crippen molar-refractivity contribution in [3.63, 3.8) is 0 Å². The quantitative estimate of drug-likeness (QED) is 0.184. The highest BCUT2D eigenvalue weighted by molar-refractivity contribution is 8.18. The fraction of sp³-hybridized carbons (Fsp3) is 0.160. The zero-order valence-corrected chi connectivity index (χ0v) is 19.0. The molecule has 0 saturated carbocycles. The van der Waals surface area contributed by atoms with Gasteiger partial charge in [-0.05, 0) is 53.2 Å². The molecule has 1 fully saturated rings. The summed E-state index contributed by atoms with van der Waals surface area (Å²) in [5, 5.41) is 12.1. The Kier molecular flexibility index (Phi) is 6.74. The van der Waals surface area contributed by atoms with E-state index in [4.69, 9.17) is 4.74 Å². The second-order valence-corrected chi connectivity index (χ2v) is 8.54. The van der Waals surface area contributed by atoms with Crippen molar-refractivity contribution < 1.29 is 24.0 Å². The van der Waals surface area contributed by atoms with Crippen LogP contribution in [0.5, 0.6) is 5.75 Å². The van der Waals surface area contributed by atoms with E-state index in [2.05, 4.69) is 0 Å². The van der Waals surface area contributed by atoms with Gasteiger partial charge in [-0.3, -0.25) is 29.4 Å². The molecule has 8 nitrogen and oxygen atoms in total. The third-order valence-corrected chi connectivity index (χ3v) is 6.15. The van der Waals surface area contributed by atoms with Crippen LogP contribution in [0, 0.1) is 10.1 Å². The Morgan fingerprint density at radius 1 is 1.09 bits per heavy atom. The maximum Gasteiger partial charge on any atom is 0.293 e. The van der Waals surface area contributed by atoms with E-state index in [-0.39, 0.29) is 16.2 Å². The third-order valence-electron chi connectivity index (χ3n) is 5.24. The lowest BCUT2D eigenvalue weighted by Crippen LogP contribution is -2.33. The lowest BCUT2D eigenvalue weighted by molar-refractivity contribution is -0.384. The summed E-state index contributed by atoms with van der Waals surface area (Å²) in [4.78, 5) is 49.5. The van der Waals surface area contributed by atoms with Crippen molar-refractivity contribution in [3.8, 4) is 5.75 Å². The van der Waals surface area contributed by atoms with Crippen LogP contribution < -0.4 is 4.74 Å². The second-order valence-electron chi connectivity index (χ2n) is 7.54. The molecule has 3 aromatic carbocycles. The number of Topliss-reactive ketones (excluding diaryl/α,β-unsaturated/α-hetero) is 1. The molecule has 34 heavy (non-hydrogen) atoms. The molecule has 0 bridgehead atoms. The van der Waals surface area contributed by atoms with Crippen molar-refractivity contribution in [1.29, 1.82) is 0 Å². The fourth-order valence-electron chi connectivity index (χ4n) is 3.53. The molecule has 0 atom stereocenters. The lowest BCUT2D eigenvalue weighted by Gasteiger charge is -2.13. The first-order valence-corrected chi connectivity index (χ1v) is 11.4. The molecule has 0 N–H and O–H groups in total. The van der Waals surface area contributed by atoms with Crippen LogP contribution in [0.25, 0.3) is 16.8 Å². The Morgan fingerprint density at radius 3 is 2.53 bits per heavy atom. The summed E-state index contributed by atoms with van der Waals surface area (Å²) in [5.74, 6) is -0.454. The fourth-order valence-corrected chi connectivity index (χ4v) is 4.35. The monoisotopic (exact) mass is 476 g/mol. The highest BCUT2D eigenvalue weighted by atomic mass is 32.2. The molecule has 1 heterocycles. The van der Waals surface area contributed by atoms with Crippen molar-refractivity contribution in [3.05, 3.63) is 86.8 Å². The molecular formula is C25H20N2O6S. The van der Waals surface area contributed by atoms with Gasteiger partial charge in [-0.25, -0.2) is 0 Å². The van der Waals surface area contributed by atoms with Gasteiger partial charge in [0, 0.05) is 23.3 Å². The third kappa shape index (κ3) is 4.69. The average Bonchev–Trinajstić information content (AvgIpc) is 3.10. The number of benzene rings is 3. The summed E-state index contributed by atoms with van der Waals surface area (Å²) in [6.45, 7) is 2.05. The van der Waals surface area contributed by atoms with E-state index in [1.807, 2.05) is 43.3 Å². The zero-order valence-electron chi connectivity index (χ0n) is 18.2. The van der Waals surface area contributed by atoms with Crippen molar-refractivity contribution in [1.82, 2.24) is 4.90 Å². The number of nitro groups is 1. The number of ketones is 1. The predicted molar refractivity (Wildman–Crippen MR) is 130 cm³/mol. The number of hydrogen-bond acceptors (Lipinski definition) is 7. The summed E-state index contributed by atoms with van der Waals surface area (Å²) in [6.07, 6.45) is 2.45. The minimum Gasteiger partial charge on any atom is -0.493 e. The van der Waals surface area contributed by atoms with Crippen LogP contribution in [0.4, 0.5) is 10.5 Å². The molecule has 0 spiro atoms. The molecule has 172 valence electrons. The molecule has 0 unspecified atom stereocenters. The Labute approximate surface area is 199 Å². The van der Waals surface area contributed by atoms with E-state index in [0.717, 1.165) is 33.9 Å². The zero-order chi connectivity index (χ0) is 24.2. The number of rotatable bonds is 8. The minimum absolute atomic E-state index is 0.151. The van der Waals surface area contributed by atoms with Gasteiger partial charge in [0.25, 0.3) is 16.8 Å².